The number of benzene rings is 1. The maximum atomic E-state index is 12.7. The van der Waals surface area contributed by atoms with Crippen LogP contribution in [0, 0.1) is 0 Å². The second-order valence-corrected chi connectivity index (χ2v) is 6.52. The lowest BCUT2D eigenvalue weighted by atomic mass is 9.92. The van der Waals surface area contributed by atoms with Gasteiger partial charge in [-0.05, 0) is 37.8 Å². The van der Waals surface area contributed by atoms with E-state index in [1.54, 1.807) is 30.7 Å². The van der Waals surface area contributed by atoms with E-state index >= 15 is 0 Å². The van der Waals surface area contributed by atoms with Gasteiger partial charge in [0.15, 0.2) is 11.5 Å². The molecule has 8 nitrogen and oxygen atoms in total. The molecule has 0 aliphatic heterocycles. The summed E-state index contributed by atoms with van der Waals surface area (Å²) >= 11 is 0. The number of nitrogens with one attached hydrogen (secondary N) is 1. The summed E-state index contributed by atoms with van der Waals surface area (Å²) in [4.78, 5) is 20.9. The summed E-state index contributed by atoms with van der Waals surface area (Å²) in [6.07, 6.45) is 8.28. The molecule has 1 N–H and O–H groups in total. The normalized spacial score (nSPS) is 18.8. The van der Waals surface area contributed by atoms with Crippen molar-refractivity contribution in [2.24, 2.45) is 0 Å². The Labute approximate surface area is 164 Å². The summed E-state index contributed by atoms with van der Waals surface area (Å²) in [5, 5.41) is 3.09. The van der Waals surface area contributed by atoms with Crippen molar-refractivity contribution in [3.63, 3.8) is 0 Å². The van der Waals surface area contributed by atoms with E-state index in [0.717, 1.165) is 25.7 Å². The molecule has 0 saturated heterocycles. The van der Waals surface area contributed by atoms with Crippen LogP contribution in [0.15, 0.2) is 30.7 Å². The monoisotopic (exact) mass is 387 g/mol. The highest BCUT2D eigenvalue weighted by atomic mass is 16.5. The van der Waals surface area contributed by atoms with Crippen LogP contribution >= 0.6 is 0 Å². The van der Waals surface area contributed by atoms with Gasteiger partial charge in [0.2, 0.25) is 11.6 Å². The van der Waals surface area contributed by atoms with Crippen molar-refractivity contribution in [3.05, 3.63) is 36.3 Å². The lowest BCUT2D eigenvalue weighted by Gasteiger charge is -2.29. The molecule has 0 bridgehead atoms. The Hall–Kier alpha value is -3.03. The number of aromatic nitrogens is 2. The Balaban J connectivity index is 1.58. The summed E-state index contributed by atoms with van der Waals surface area (Å²) in [6, 6.07) is 3.40. The van der Waals surface area contributed by atoms with Crippen LogP contribution in [0.2, 0.25) is 0 Å². The van der Waals surface area contributed by atoms with Crippen LogP contribution in [0.1, 0.15) is 36.0 Å². The summed E-state index contributed by atoms with van der Waals surface area (Å²) in [5.74, 6) is 1.73. The predicted octanol–water partition coefficient (Wildman–Crippen LogP) is 2.62. The van der Waals surface area contributed by atoms with Gasteiger partial charge < -0.3 is 24.3 Å². The molecule has 1 heterocycles. The van der Waals surface area contributed by atoms with Crippen molar-refractivity contribution >= 4 is 5.91 Å². The van der Waals surface area contributed by atoms with Gasteiger partial charge in [0.05, 0.1) is 27.5 Å². The number of carbonyl (C=O) groups excluding carboxylic acids is 1. The highest BCUT2D eigenvalue weighted by molar-refractivity contribution is 5.95. The van der Waals surface area contributed by atoms with Gasteiger partial charge >= 0.3 is 0 Å². The van der Waals surface area contributed by atoms with Crippen LogP contribution in [-0.2, 0) is 0 Å². The SMILES string of the molecule is COc1cc(C(=O)NC2CCC(Oc3cnccn3)CC2)cc(OC)c1OC. The van der Waals surface area contributed by atoms with Crippen LogP contribution in [0.5, 0.6) is 23.1 Å². The number of amides is 1. The van der Waals surface area contributed by atoms with E-state index < -0.39 is 0 Å². The summed E-state index contributed by atoms with van der Waals surface area (Å²) in [6.45, 7) is 0. The molecular formula is C20H25N3O5. The van der Waals surface area contributed by atoms with E-state index in [1.807, 2.05) is 0 Å². The minimum atomic E-state index is -0.169. The van der Waals surface area contributed by atoms with Gasteiger partial charge in [-0.2, -0.15) is 0 Å². The average molecular weight is 387 g/mol. The first-order valence-corrected chi connectivity index (χ1v) is 9.18. The molecule has 8 heteroatoms. The second kappa shape index (κ2) is 9.25. The number of hydrogen-bond acceptors (Lipinski definition) is 7. The molecule has 1 aromatic heterocycles. The first kappa shape index (κ1) is 19.7. The van der Waals surface area contributed by atoms with Crippen LogP contribution in [0.3, 0.4) is 0 Å². The topological polar surface area (TPSA) is 91.8 Å². The molecule has 2 aromatic rings. The molecule has 1 aliphatic rings. The molecule has 1 amide bonds. The standard InChI is InChI=1S/C20H25N3O5/c1-25-16-10-13(11-17(26-2)19(16)27-3)20(24)23-14-4-6-15(7-5-14)28-18-12-21-8-9-22-18/h8-12,14-15H,4-7H2,1-3H3,(H,23,24). The maximum Gasteiger partial charge on any atom is 0.251 e. The lowest BCUT2D eigenvalue weighted by molar-refractivity contribution is 0.0889. The van der Waals surface area contributed by atoms with Gasteiger partial charge in [-0.1, -0.05) is 0 Å². The molecule has 1 aromatic carbocycles. The third kappa shape index (κ3) is 4.62. The van der Waals surface area contributed by atoms with Gasteiger partial charge in [0.1, 0.15) is 6.10 Å². The smallest absolute Gasteiger partial charge is 0.251 e. The van der Waals surface area contributed by atoms with Crippen molar-refractivity contribution in [1.82, 2.24) is 15.3 Å². The van der Waals surface area contributed by atoms with Gasteiger partial charge in [0.25, 0.3) is 5.91 Å². The second-order valence-electron chi connectivity index (χ2n) is 6.52. The zero-order valence-corrected chi connectivity index (χ0v) is 16.3. The Morgan fingerprint density at radius 1 is 1.00 bits per heavy atom. The van der Waals surface area contributed by atoms with Crippen molar-refractivity contribution in [2.45, 2.75) is 37.8 Å². The van der Waals surface area contributed by atoms with Gasteiger partial charge in [0, 0.05) is 24.0 Å². The molecule has 150 valence electrons. The molecule has 1 saturated carbocycles. The van der Waals surface area contributed by atoms with Gasteiger partial charge in [-0.3, -0.25) is 9.78 Å². The molecular weight excluding hydrogens is 362 g/mol. The number of methoxy groups -OCH3 is 3. The van der Waals surface area contributed by atoms with Crippen LogP contribution < -0.4 is 24.3 Å². The van der Waals surface area contributed by atoms with Gasteiger partial charge in [-0.25, -0.2) is 4.98 Å². The first-order chi connectivity index (χ1) is 13.6. The first-order valence-electron chi connectivity index (χ1n) is 9.18. The summed E-state index contributed by atoms with van der Waals surface area (Å²) < 4.78 is 21.8. The van der Waals surface area contributed by atoms with E-state index in [9.17, 15) is 4.79 Å². The number of rotatable bonds is 7. The zero-order chi connectivity index (χ0) is 19.9. The highest BCUT2D eigenvalue weighted by Crippen LogP contribution is 2.38. The Morgan fingerprint density at radius 2 is 1.68 bits per heavy atom. The highest BCUT2D eigenvalue weighted by Gasteiger charge is 2.25. The van der Waals surface area contributed by atoms with Crippen LogP contribution in [-0.4, -0.2) is 49.4 Å². The minimum Gasteiger partial charge on any atom is -0.493 e. The molecule has 0 unspecified atom stereocenters. The number of hydrogen-bond donors (Lipinski definition) is 1. The lowest BCUT2D eigenvalue weighted by Crippen LogP contribution is -2.39. The van der Waals surface area contributed by atoms with Gasteiger partial charge in [-0.15, -0.1) is 0 Å². The molecule has 1 aliphatic carbocycles. The molecule has 1 fully saturated rings. The molecule has 0 radical (unpaired) electrons. The molecule has 28 heavy (non-hydrogen) atoms. The number of ether oxygens (including phenoxy) is 4. The molecule has 0 spiro atoms. The largest absolute Gasteiger partial charge is 0.493 e. The van der Waals surface area contributed by atoms with Crippen molar-refractivity contribution < 1.29 is 23.7 Å². The quantitative estimate of drug-likeness (QED) is 0.781. The maximum absolute atomic E-state index is 12.7. The fraction of sp³-hybridized carbons (Fsp3) is 0.450. The fourth-order valence-corrected chi connectivity index (χ4v) is 3.32. The van der Waals surface area contributed by atoms with Crippen LogP contribution in [0.4, 0.5) is 0 Å². The Bertz CT molecular complexity index is 767. The van der Waals surface area contributed by atoms with Crippen LogP contribution in [0.25, 0.3) is 0 Å². The number of carbonyl (C=O) groups is 1. The minimum absolute atomic E-state index is 0.0889. The Morgan fingerprint density at radius 3 is 2.21 bits per heavy atom. The molecule has 0 atom stereocenters. The van der Waals surface area contributed by atoms with E-state index in [0.29, 0.717) is 28.7 Å². The van der Waals surface area contributed by atoms with Crippen molar-refractivity contribution in [1.29, 1.82) is 0 Å². The summed E-state index contributed by atoms with van der Waals surface area (Å²) in [5.41, 5.74) is 0.465. The van der Waals surface area contributed by atoms with Crippen molar-refractivity contribution in [3.8, 4) is 23.1 Å². The predicted molar refractivity (Wildman–Crippen MR) is 102 cm³/mol. The van der Waals surface area contributed by atoms with E-state index in [4.69, 9.17) is 18.9 Å². The third-order valence-electron chi connectivity index (χ3n) is 4.76. The fourth-order valence-electron chi connectivity index (χ4n) is 3.32. The average Bonchev–Trinajstić information content (AvgIpc) is 2.74. The van der Waals surface area contributed by atoms with E-state index in [-0.39, 0.29) is 18.1 Å². The summed E-state index contributed by atoms with van der Waals surface area (Å²) in [7, 11) is 4.58. The Kier molecular flexibility index (Phi) is 6.52. The zero-order valence-electron chi connectivity index (χ0n) is 16.3. The molecule has 3 rings (SSSR count). The van der Waals surface area contributed by atoms with Crippen molar-refractivity contribution in [2.75, 3.05) is 21.3 Å². The van der Waals surface area contributed by atoms with E-state index in [1.165, 1.54) is 21.3 Å². The van der Waals surface area contributed by atoms with E-state index in [2.05, 4.69) is 15.3 Å². The number of nitrogens with zero attached hydrogens (tertiary/aromatic N) is 2. The third-order valence-corrected chi connectivity index (χ3v) is 4.76.